The first kappa shape index (κ1) is 21.5. The quantitative estimate of drug-likeness (QED) is 0.583. The zero-order chi connectivity index (χ0) is 21.3. The van der Waals surface area contributed by atoms with Crippen molar-refractivity contribution in [2.24, 2.45) is 10.1 Å². The number of carbonyl (C=O) groups is 2. The van der Waals surface area contributed by atoms with Crippen LogP contribution in [-0.4, -0.2) is 32.0 Å². The lowest BCUT2D eigenvalue weighted by Gasteiger charge is -2.04. The molecule has 3 rings (SSSR count). The maximum atomic E-state index is 12.6. The standard InChI is InChI=1S/C17H13Cl2N3O5S2/c1-27-15(23)8-22-13-5-3-10(29(20,25)26)7-14(13)28-17(22)21-16(24)11-6-9(18)2-4-12(11)19/h2-7H,8H2,1H3,(H2,20,25,26). The number of aromatic nitrogens is 1. The van der Waals surface area contributed by atoms with Gasteiger partial charge in [0.05, 0.1) is 32.8 Å². The van der Waals surface area contributed by atoms with Crippen molar-refractivity contribution in [1.82, 2.24) is 4.57 Å². The smallest absolute Gasteiger partial charge is 0.325 e. The molecule has 12 heteroatoms. The van der Waals surface area contributed by atoms with Crippen molar-refractivity contribution >= 4 is 66.7 Å². The van der Waals surface area contributed by atoms with Crippen LogP contribution in [0.5, 0.6) is 0 Å². The molecule has 0 atom stereocenters. The predicted molar refractivity (Wildman–Crippen MR) is 110 cm³/mol. The molecule has 0 radical (unpaired) electrons. The molecule has 0 aliphatic heterocycles. The van der Waals surface area contributed by atoms with Gasteiger partial charge < -0.3 is 9.30 Å². The molecule has 3 aromatic rings. The Morgan fingerprint density at radius 3 is 2.59 bits per heavy atom. The number of hydrogen-bond donors (Lipinski definition) is 1. The van der Waals surface area contributed by atoms with Crippen LogP contribution >= 0.6 is 34.5 Å². The molecule has 0 unspecified atom stereocenters. The number of hydrogen-bond acceptors (Lipinski definition) is 6. The summed E-state index contributed by atoms with van der Waals surface area (Å²) in [6.07, 6.45) is 0. The Morgan fingerprint density at radius 1 is 1.21 bits per heavy atom. The molecular weight excluding hydrogens is 461 g/mol. The first-order valence-corrected chi connectivity index (χ1v) is 11.0. The highest BCUT2D eigenvalue weighted by Crippen LogP contribution is 2.23. The van der Waals surface area contributed by atoms with E-state index in [9.17, 15) is 18.0 Å². The van der Waals surface area contributed by atoms with Crippen LogP contribution in [0.25, 0.3) is 10.2 Å². The SMILES string of the molecule is COC(=O)Cn1c(=NC(=O)c2cc(Cl)ccc2Cl)sc2cc(S(N)(=O)=O)ccc21. The van der Waals surface area contributed by atoms with E-state index in [-0.39, 0.29) is 26.8 Å². The average Bonchev–Trinajstić information content (AvgIpc) is 2.99. The molecule has 0 fully saturated rings. The van der Waals surface area contributed by atoms with Crippen LogP contribution in [0, 0.1) is 0 Å². The van der Waals surface area contributed by atoms with Gasteiger partial charge in [0.15, 0.2) is 4.80 Å². The number of primary sulfonamides is 1. The van der Waals surface area contributed by atoms with Gasteiger partial charge in [0.1, 0.15) is 6.54 Å². The molecule has 2 N–H and O–H groups in total. The van der Waals surface area contributed by atoms with Crippen molar-refractivity contribution in [2.45, 2.75) is 11.4 Å². The van der Waals surface area contributed by atoms with Crippen molar-refractivity contribution in [3.8, 4) is 0 Å². The average molecular weight is 474 g/mol. The Labute approximate surface area is 179 Å². The summed E-state index contributed by atoms with van der Waals surface area (Å²) >= 11 is 13.0. The Balaban J connectivity index is 2.22. The van der Waals surface area contributed by atoms with Crippen molar-refractivity contribution in [3.05, 3.63) is 56.8 Å². The highest BCUT2D eigenvalue weighted by molar-refractivity contribution is 7.89. The Morgan fingerprint density at radius 2 is 1.93 bits per heavy atom. The minimum atomic E-state index is -3.93. The first-order valence-electron chi connectivity index (χ1n) is 7.87. The highest BCUT2D eigenvalue weighted by atomic mass is 35.5. The highest BCUT2D eigenvalue weighted by Gasteiger charge is 2.16. The molecule has 2 aromatic carbocycles. The lowest BCUT2D eigenvalue weighted by atomic mass is 10.2. The van der Waals surface area contributed by atoms with Crippen LogP contribution in [0.15, 0.2) is 46.3 Å². The molecule has 152 valence electrons. The molecule has 0 saturated carbocycles. The van der Waals surface area contributed by atoms with Crippen LogP contribution < -0.4 is 9.94 Å². The maximum Gasteiger partial charge on any atom is 0.325 e. The number of nitrogens with two attached hydrogens (primary N) is 1. The third-order valence-electron chi connectivity index (χ3n) is 3.85. The zero-order valence-corrected chi connectivity index (χ0v) is 17.9. The van der Waals surface area contributed by atoms with Gasteiger partial charge in [0, 0.05) is 5.02 Å². The summed E-state index contributed by atoms with van der Waals surface area (Å²) in [5.74, 6) is -1.25. The summed E-state index contributed by atoms with van der Waals surface area (Å²) in [4.78, 5) is 28.6. The van der Waals surface area contributed by atoms with Gasteiger partial charge in [0.2, 0.25) is 10.0 Å². The van der Waals surface area contributed by atoms with Crippen LogP contribution in [0.1, 0.15) is 10.4 Å². The topological polar surface area (TPSA) is 121 Å². The van der Waals surface area contributed by atoms with Crippen molar-refractivity contribution in [2.75, 3.05) is 7.11 Å². The number of rotatable bonds is 4. The number of methoxy groups -OCH3 is 1. The summed E-state index contributed by atoms with van der Waals surface area (Å²) in [5.41, 5.74) is 0.572. The van der Waals surface area contributed by atoms with Gasteiger partial charge in [-0.15, -0.1) is 0 Å². The van der Waals surface area contributed by atoms with Crippen molar-refractivity contribution in [3.63, 3.8) is 0 Å². The van der Waals surface area contributed by atoms with Crippen molar-refractivity contribution < 1.29 is 22.7 Å². The first-order chi connectivity index (χ1) is 13.6. The Bertz CT molecular complexity index is 1310. The summed E-state index contributed by atoms with van der Waals surface area (Å²) in [6.45, 7) is -0.236. The molecule has 0 saturated heterocycles. The second kappa shape index (κ2) is 8.25. The molecule has 1 amide bonds. The minimum Gasteiger partial charge on any atom is -0.468 e. The van der Waals surface area contributed by atoms with E-state index in [1.54, 1.807) is 0 Å². The van der Waals surface area contributed by atoms with Gasteiger partial charge in [-0.25, -0.2) is 13.6 Å². The van der Waals surface area contributed by atoms with E-state index in [4.69, 9.17) is 33.1 Å². The fourth-order valence-electron chi connectivity index (χ4n) is 2.47. The van der Waals surface area contributed by atoms with Crippen LogP contribution in [0.4, 0.5) is 0 Å². The number of ether oxygens (including phenoxy) is 1. The number of carbonyl (C=O) groups excluding carboxylic acids is 2. The zero-order valence-electron chi connectivity index (χ0n) is 14.8. The van der Waals surface area contributed by atoms with Crippen molar-refractivity contribution in [1.29, 1.82) is 0 Å². The fraction of sp³-hybridized carbons (Fsp3) is 0.118. The summed E-state index contributed by atoms with van der Waals surface area (Å²) in [5, 5.41) is 5.65. The monoisotopic (exact) mass is 473 g/mol. The van der Waals surface area contributed by atoms with Gasteiger partial charge in [-0.2, -0.15) is 4.99 Å². The molecule has 0 bridgehead atoms. The largest absolute Gasteiger partial charge is 0.468 e. The number of benzene rings is 2. The molecule has 0 spiro atoms. The van der Waals surface area contributed by atoms with E-state index < -0.39 is 21.9 Å². The van der Waals surface area contributed by atoms with Crippen LogP contribution in [-0.2, 0) is 26.1 Å². The number of nitrogens with zero attached hydrogens (tertiary/aromatic N) is 2. The van der Waals surface area contributed by atoms with E-state index in [1.807, 2.05) is 0 Å². The summed E-state index contributed by atoms with van der Waals surface area (Å²) < 4.78 is 29.8. The lowest BCUT2D eigenvalue weighted by molar-refractivity contribution is -0.141. The van der Waals surface area contributed by atoms with Gasteiger partial charge in [-0.1, -0.05) is 34.5 Å². The van der Waals surface area contributed by atoms with E-state index in [0.717, 1.165) is 11.3 Å². The lowest BCUT2D eigenvalue weighted by Crippen LogP contribution is -2.22. The normalized spacial score (nSPS) is 12.3. The third-order valence-corrected chi connectivity index (χ3v) is 6.37. The van der Waals surface area contributed by atoms with Crippen LogP contribution in [0.2, 0.25) is 10.0 Å². The third kappa shape index (κ3) is 4.68. The Hall–Kier alpha value is -2.24. The van der Waals surface area contributed by atoms with Gasteiger partial charge in [0.25, 0.3) is 5.91 Å². The number of halogens is 2. The number of fused-ring (bicyclic) bond motifs is 1. The summed E-state index contributed by atoms with van der Waals surface area (Å²) in [7, 11) is -2.70. The second-order valence-corrected chi connectivity index (χ2v) is 9.18. The number of amides is 1. The predicted octanol–water partition coefficient (Wildman–Crippen LogP) is 2.57. The second-order valence-electron chi connectivity index (χ2n) is 5.76. The molecule has 0 aliphatic carbocycles. The molecule has 1 aromatic heterocycles. The van der Waals surface area contributed by atoms with E-state index in [2.05, 4.69) is 4.99 Å². The van der Waals surface area contributed by atoms with Gasteiger partial charge >= 0.3 is 5.97 Å². The maximum absolute atomic E-state index is 12.6. The summed E-state index contributed by atoms with van der Waals surface area (Å²) in [6, 6.07) is 8.51. The van der Waals surface area contributed by atoms with Crippen LogP contribution in [0.3, 0.4) is 0 Å². The van der Waals surface area contributed by atoms with Gasteiger partial charge in [-0.3, -0.25) is 9.59 Å². The minimum absolute atomic E-state index is 0.0893. The number of esters is 1. The van der Waals surface area contributed by atoms with E-state index in [1.165, 1.54) is 48.1 Å². The van der Waals surface area contributed by atoms with E-state index >= 15 is 0 Å². The molecular formula is C17H13Cl2N3O5S2. The molecule has 0 aliphatic rings. The number of thiazole rings is 1. The number of sulfonamides is 1. The molecule has 1 heterocycles. The fourth-order valence-corrected chi connectivity index (χ4v) is 4.52. The Kier molecular flexibility index (Phi) is 6.11. The van der Waals surface area contributed by atoms with Gasteiger partial charge in [-0.05, 0) is 36.4 Å². The van der Waals surface area contributed by atoms with E-state index in [0.29, 0.717) is 15.2 Å². The molecule has 29 heavy (non-hydrogen) atoms. The molecule has 8 nitrogen and oxygen atoms in total.